The Morgan fingerprint density at radius 2 is 1.83 bits per heavy atom. The lowest BCUT2D eigenvalue weighted by Crippen LogP contribution is -2.58. The molecule has 1 spiro atoms. The quantitative estimate of drug-likeness (QED) is 0.609. The second-order valence-electron chi connectivity index (χ2n) is 11.1. The van der Waals surface area contributed by atoms with Crippen molar-refractivity contribution in [2.75, 3.05) is 5.32 Å². The smallest absolute Gasteiger partial charge is 0.246 e. The van der Waals surface area contributed by atoms with E-state index in [9.17, 15) is 14.4 Å². The number of hydrogen-bond donors (Lipinski definition) is 2. The summed E-state index contributed by atoms with van der Waals surface area (Å²) >= 11 is 5.97. The standard InChI is InChI=1S/C27H32ClN3O4/c1-14-4-3-5-19(15(14)2)30-25(33)23-27-13-12-20(35-27)21(22(27)26(34)31(23)18-10-11-18)24(32)29-17-8-6-16(28)7-9-17/h6-9,12-15,18-23H,3-5,10-11H2,1-2H3,(H,29,32)(H,30,33)/t14?,15?,19?,20-,21?,22-,23?,27?/m1/s1. The molecule has 4 fully saturated rings. The summed E-state index contributed by atoms with van der Waals surface area (Å²) in [4.78, 5) is 42.8. The predicted molar refractivity (Wildman–Crippen MR) is 132 cm³/mol. The van der Waals surface area contributed by atoms with Crippen LogP contribution in [0.2, 0.25) is 5.02 Å². The molecule has 2 aliphatic carbocycles. The van der Waals surface area contributed by atoms with Gasteiger partial charge >= 0.3 is 0 Å². The van der Waals surface area contributed by atoms with Crippen molar-refractivity contribution < 1.29 is 19.1 Å². The average Bonchev–Trinajstić information content (AvgIpc) is 3.42. The molecule has 7 nitrogen and oxygen atoms in total. The van der Waals surface area contributed by atoms with Crippen LogP contribution in [-0.4, -0.2) is 52.5 Å². The third-order valence-corrected chi connectivity index (χ3v) is 9.20. The molecule has 0 radical (unpaired) electrons. The molecule has 8 atom stereocenters. The molecule has 2 saturated heterocycles. The molecule has 2 bridgehead atoms. The summed E-state index contributed by atoms with van der Waals surface area (Å²) in [6.45, 7) is 4.44. The van der Waals surface area contributed by atoms with Crippen molar-refractivity contribution in [1.29, 1.82) is 0 Å². The summed E-state index contributed by atoms with van der Waals surface area (Å²) < 4.78 is 6.41. The van der Waals surface area contributed by atoms with Gasteiger partial charge in [-0.1, -0.05) is 50.4 Å². The second-order valence-corrected chi connectivity index (χ2v) is 11.5. The average molecular weight is 498 g/mol. The lowest BCUT2D eigenvalue weighted by molar-refractivity contribution is -0.142. The molecule has 1 aromatic carbocycles. The summed E-state index contributed by atoms with van der Waals surface area (Å²) in [5.41, 5.74) is -0.487. The number of hydrogen-bond acceptors (Lipinski definition) is 4. The van der Waals surface area contributed by atoms with Gasteiger partial charge in [0.15, 0.2) is 0 Å². The first-order valence-corrected chi connectivity index (χ1v) is 13.2. The topological polar surface area (TPSA) is 87.7 Å². The SMILES string of the molecule is CC1CCCC(NC(=O)C2N(C3CC3)C(=O)[C@H]3C(C(=O)Nc4ccc(Cl)cc4)[C@H]4C=CC23O4)C1C. The first-order valence-electron chi connectivity index (χ1n) is 12.9. The van der Waals surface area contributed by atoms with Crippen LogP contribution in [-0.2, 0) is 19.1 Å². The monoisotopic (exact) mass is 497 g/mol. The number of benzene rings is 1. The van der Waals surface area contributed by atoms with Crippen molar-refractivity contribution >= 4 is 35.0 Å². The van der Waals surface area contributed by atoms with E-state index < -0.39 is 29.6 Å². The molecule has 3 aliphatic heterocycles. The zero-order chi connectivity index (χ0) is 24.5. The number of ether oxygens (including phenoxy) is 1. The van der Waals surface area contributed by atoms with Crippen molar-refractivity contribution in [2.24, 2.45) is 23.7 Å². The highest BCUT2D eigenvalue weighted by Crippen LogP contribution is 2.57. The molecular weight excluding hydrogens is 466 g/mol. The molecule has 2 N–H and O–H groups in total. The molecule has 3 heterocycles. The van der Waals surface area contributed by atoms with Crippen LogP contribution in [0.25, 0.3) is 0 Å². The van der Waals surface area contributed by atoms with E-state index in [4.69, 9.17) is 16.3 Å². The Hall–Kier alpha value is -2.38. The van der Waals surface area contributed by atoms with Crippen molar-refractivity contribution in [3.05, 3.63) is 41.4 Å². The fraction of sp³-hybridized carbons (Fsp3) is 0.593. The first-order chi connectivity index (χ1) is 16.8. The van der Waals surface area contributed by atoms with E-state index in [1.807, 2.05) is 12.2 Å². The van der Waals surface area contributed by atoms with E-state index in [-0.39, 0.29) is 29.8 Å². The number of carbonyl (C=O) groups is 3. The third-order valence-electron chi connectivity index (χ3n) is 8.95. The molecular formula is C27H32ClN3O4. The number of rotatable bonds is 5. The van der Waals surface area contributed by atoms with Gasteiger partial charge in [-0.3, -0.25) is 14.4 Å². The zero-order valence-electron chi connectivity index (χ0n) is 20.1. The maximum Gasteiger partial charge on any atom is 0.246 e. The second kappa shape index (κ2) is 8.34. The predicted octanol–water partition coefficient (Wildman–Crippen LogP) is 3.53. The van der Waals surface area contributed by atoms with E-state index in [0.717, 1.165) is 25.7 Å². The number of halogens is 1. The lowest BCUT2D eigenvalue weighted by Gasteiger charge is -2.38. The number of anilines is 1. The Balaban J connectivity index is 1.28. The Labute approximate surface area is 210 Å². The highest BCUT2D eigenvalue weighted by atomic mass is 35.5. The Bertz CT molecular complexity index is 1090. The van der Waals surface area contributed by atoms with Gasteiger partial charge in [-0.25, -0.2) is 0 Å². The van der Waals surface area contributed by atoms with Gasteiger partial charge in [-0.15, -0.1) is 0 Å². The minimum absolute atomic E-state index is 0.0388. The molecule has 6 unspecified atom stereocenters. The van der Waals surface area contributed by atoms with E-state index in [2.05, 4.69) is 24.5 Å². The van der Waals surface area contributed by atoms with Gasteiger partial charge in [0.2, 0.25) is 17.7 Å². The van der Waals surface area contributed by atoms with Crippen LogP contribution >= 0.6 is 11.6 Å². The van der Waals surface area contributed by atoms with E-state index in [1.54, 1.807) is 29.2 Å². The van der Waals surface area contributed by atoms with Gasteiger partial charge in [0.05, 0.1) is 17.9 Å². The lowest BCUT2D eigenvalue weighted by atomic mass is 9.73. The van der Waals surface area contributed by atoms with Gasteiger partial charge < -0.3 is 20.3 Å². The maximum absolute atomic E-state index is 13.8. The van der Waals surface area contributed by atoms with Crippen LogP contribution in [0.4, 0.5) is 5.69 Å². The largest absolute Gasteiger partial charge is 0.359 e. The summed E-state index contributed by atoms with van der Waals surface area (Å²) in [7, 11) is 0. The van der Waals surface area contributed by atoms with Crippen molar-refractivity contribution in [3.63, 3.8) is 0 Å². The van der Waals surface area contributed by atoms with Crippen molar-refractivity contribution in [3.8, 4) is 0 Å². The molecule has 5 aliphatic rings. The van der Waals surface area contributed by atoms with Crippen LogP contribution in [0.3, 0.4) is 0 Å². The molecule has 6 rings (SSSR count). The van der Waals surface area contributed by atoms with Crippen LogP contribution in [0.5, 0.6) is 0 Å². The van der Waals surface area contributed by atoms with E-state index in [0.29, 0.717) is 22.5 Å². The minimum Gasteiger partial charge on any atom is -0.359 e. The Kier molecular flexibility index (Phi) is 5.49. The van der Waals surface area contributed by atoms with Gasteiger partial charge in [0, 0.05) is 22.8 Å². The van der Waals surface area contributed by atoms with E-state index in [1.165, 1.54) is 6.42 Å². The molecule has 186 valence electrons. The van der Waals surface area contributed by atoms with Gasteiger partial charge in [-0.2, -0.15) is 0 Å². The third kappa shape index (κ3) is 3.61. The molecule has 8 heteroatoms. The summed E-state index contributed by atoms with van der Waals surface area (Å²) in [6, 6.07) is 6.26. The fourth-order valence-corrected chi connectivity index (χ4v) is 6.88. The van der Waals surface area contributed by atoms with Crippen LogP contribution in [0, 0.1) is 23.7 Å². The number of nitrogens with one attached hydrogen (secondary N) is 2. The fourth-order valence-electron chi connectivity index (χ4n) is 6.76. The van der Waals surface area contributed by atoms with Crippen LogP contribution in [0.15, 0.2) is 36.4 Å². The Morgan fingerprint density at radius 3 is 2.54 bits per heavy atom. The molecule has 1 aromatic rings. The minimum atomic E-state index is -1.10. The first kappa shape index (κ1) is 23.0. The highest BCUT2D eigenvalue weighted by molar-refractivity contribution is 6.30. The van der Waals surface area contributed by atoms with Crippen LogP contribution in [0.1, 0.15) is 46.0 Å². The number of nitrogens with zero attached hydrogens (tertiary/aromatic N) is 1. The molecule has 0 aromatic heterocycles. The number of carbonyl (C=O) groups excluding carboxylic acids is 3. The maximum atomic E-state index is 13.8. The number of fused-ring (bicyclic) bond motifs is 1. The van der Waals surface area contributed by atoms with Crippen LogP contribution < -0.4 is 10.6 Å². The summed E-state index contributed by atoms with van der Waals surface area (Å²) in [5, 5.41) is 6.80. The van der Waals surface area contributed by atoms with Gasteiger partial charge in [0.1, 0.15) is 11.6 Å². The number of amides is 3. The summed E-state index contributed by atoms with van der Waals surface area (Å²) in [5.74, 6) is -1.03. The van der Waals surface area contributed by atoms with Gasteiger partial charge in [0.25, 0.3) is 0 Å². The molecule has 2 saturated carbocycles. The normalized spacial score (nSPS) is 39.6. The molecule has 3 amide bonds. The Morgan fingerprint density at radius 1 is 1.09 bits per heavy atom. The number of likely N-dealkylation sites (tertiary alicyclic amines) is 1. The van der Waals surface area contributed by atoms with Crippen molar-refractivity contribution in [1.82, 2.24) is 10.2 Å². The van der Waals surface area contributed by atoms with E-state index >= 15 is 0 Å². The van der Waals surface area contributed by atoms with Gasteiger partial charge in [-0.05, 0) is 55.4 Å². The molecule has 35 heavy (non-hydrogen) atoms. The highest BCUT2D eigenvalue weighted by Gasteiger charge is 2.74. The van der Waals surface area contributed by atoms with Crippen molar-refractivity contribution in [2.45, 2.75) is 75.8 Å². The zero-order valence-corrected chi connectivity index (χ0v) is 20.8. The summed E-state index contributed by atoms with van der Waals surface area (Å²) in [6.07, 6.45) is 8.18.